The van der Waals surface area contributed by atoms with Gasteiger partial charge in [0, 0.05) is 23.1 Å². The zero-order valence-corrected chi connectivity index (χ0v) is 24.6. The quantitative estimate of drug-likeness (QED) is 0.269. The number of unbranched alkanes of at least 4 members (excludes halogenated alkanes) is 1. The van der Waals surface area contributed by atoms with Gasteiger partial charge >= 0.3 is 0 Å². The Hall–Kier alpha value is -3.07. The maximum Gasteiger partial charge on any atom is 0.264 e. The molecule has 3 aromatic rings. The monoisotopic (exact) mass is 589 g/mol. The first-order valence-corrected chi connectivity index (χ1v) is 14.9. The Morgan fingerprint density at radius 3 is 2.26 bits per heavy atom. The first-order valence-electron chi connectivity index (χ1n) is 12.7. The van der Waals surface area contributed by atoms with E-state index in [1.807, 2.05) is 13.8 Å². The maximum atomic E-state index is 13.9. The van der Waals surface area contributed by atoms with Crippen molar-refractivity contribution in [2.75, 3.05) is 17.4 Å². The molecule has 1 atom stereocenters. The highest BCUT2D eigenvalue weighted by Gasteiger charge is 2.32. The first kappa shape index (κ1) is 30.5. The number of nitrogens with zero attached hydrogens (tertiary/aromatic N) is 2. The zero-order valence-electron chi connectivity index (χ0n) is 22.2. The Morgan fingerprint density at radius 1 is 0.974 bits per heavy atom. The average molecular weight is 591 g/mol. The number of carbonyl (C=O) groups is 2. The number of rotatable bonds is 12. The van der Waals surface area contributed by atoms with Crippen LogP contribution in [0.5, 0.6) is 0 Å². The molecule has 0 saturated carbocycles. The number of hydrogen-bond acceptors (Lipinski definition) is 4. The molecular formula is C29H33Cl2N3O4S. The fraction of sp³-hybridized carbons (Fsp3) is 0.310. The van der Waals surface area contributed by atoms with Crippen LogP contribution in [0.15, 0.2) is 77.7 Å². The third-order valence-electron chi connectivity index (χ3n) is 6.28. The van der Waals surface area contributed by atoms with E-state index in [4.69, 9.17) is 23.2 Å². The molecule has 0 unspecified atom stereocenters. The summed E-state index contributed by atoms with van der Waals surface area (Å²) >= 11 is 12.5. The highest BCUT2D eigenvalue weighted by atomic mass is 35.5. The van der Waals surface area contributed by atoms with Gasteiger partial charge in [0.15, 0.2) is 0 Å². The van der Waals surface area contributed by atoms with Gasteiger partial charge in [-0.25, -0.2) is 8.42 Å². The molecule has 0 aliphatic carbocycles. The highest BCUT2D eigenvalue weighted by Crippen LogP contribution is 2.26. The number of amides is 2. The van der Waals surface area contributed by atoms with Crippen LogP contribution >= 0.6 is 23.2 Å². The van der Waals surface area contributed by atoms with Crippen LogP contribution in [-0.4, -0.2) is 44.3 Å². The number of anilines is 1. The van der Waals surface area contributed by atoms with Gasteiger partial charge in [-0.1, -0.05) is 78.5 Å². The van der Waals surface area contributed by atoms with Crippen molar-refractivity contribution in [1.82, 2.24) is 10.2 Å². The smallest absolute Gasteiger partial charge is 0.264 e. The number of carbonyl (C=O) groups excluding carboxylic acids is 2. The Labute approximate surface area is 240 Å². The van der Waals surface area contributed by atoms with Gasteiger partial charge in [0.05, 0.1) is 10.6 Å². The number of aryl methyl sites for hydroxylation is 1. The number of sulfonamides is 1. The lowest BCUT2D eigenvalue weighted by Crippen LogP contribution is -2.51. The molecule has 2 amide bonds. The molecular weight excluding hydrogens is 557 g/mol. The zero-order chi connectivity index (χ0) is 28.6. The maximum absolute atomic E-state index is 13.9. The van der Waals surface area contributed by atoms with Crippen LogP contribution in [-0.2, 0) is 26.2 Å². The lowest BCUT2D eigenvalue weighted by Gasteiger charge is -2.32. The van der Waals surface area contributed by atoms with E-state index in [2.05, 4.69) is 5.32 Å². The standard InChI is InChI=1S/C29H33Cl2N3O4S/c1-4-5-17-32-29(36)22(3)33(19-23-13-14-24(30)18-27(23)31)28(35)20-34(25-9-7-6-8-10-25)39(37,38)26-15-11-21(2)12-16-26/h6-16,18,22H,4-5,17,19-20H2,1-3H3,(H,32,36)/t22-/m0/s1. The molecule has 0 aliphatic rings. The van der Waals surface area contributed by atoms with Crippen molar-refractivity contribution in [3.05, 3.63) is 94.0 Å². The SMILES string of the molecule is CCCCNC(=O)[C@H](C)N(Cc1ccc(Cl)cc1Cl)C(=O)CN(c1ccccc1)S(=O)(=O)c1ccc(C)cc1. The Kier molecular flexibility index (Phi) is 10.8. The lowest BCUT2D eigenvalue weighted by molar-refractivity contribution is -0.139. The molecule has 1 N–H and O–H groups in total. The van der Waals surface area contributed by atoms with Crippen molar-refractivity contribution >= 4 is 50.7 Å². The van der Waals surface area contributed by atoms with Crippen molar-refractivity contribution in [3.63, 3.8) is 0 Å². The van der Waals surface area contributed by atoms with Gasteiger partial charge in [-0.3, -0.25) is 13.9 Å². The van der Waals surface area contributed by atoms with Crippen molar-refractivity contribution in [1.29, 1.82) is 0 Å². The first-order chi connectivity index (χ1) is 18.5. The molecule has 0 radical (unpaired) electrons. The van der Waals surface area contributed by atoms with Crippen LogP contribution in [0.4, 0.5) is 5.69 Å². The van der Waals surface area contributed by atoms with E-state index in [0.29, 0.717) is 27.8 Å². The summed E-state index contributed by atoms with van der Waals surface area (Å²) in [6, 6.07) is 18.9. The minimum atomic E-state index is -4.11. The molecule has 10 heteroatoms. The van der Waals surface area contributed by atoms with Gasteiger partial charge in [-0.05, 0) is 62.2 Å². The summed E-state index contributed by atoms with van der Waals surface area (Å²) in [6.07, 6.45) is 1.70. The predicted molar refractivity (Wildman–Crippen MR) is 157 cm³/mol. The van der Waals surface area contributed by atoms with Crippen LogP contribution in [0.2, 0.25) is 10.0 Å². The molecule has 0 fully saturated rings. The van der Waals surface area contributed by atoms with Crippen molar-refractivity contribution in [2.45, 2.75) is 51.1 Å². The Balaban J connectivity index is 1.99. The molecule has 3 aromatic carbocycles. The topological polar surface area (TPSA) is 86.8 Å². The largest absolute Gasteiger partial charge is 0.354 e. The van der Waals surface area contributed by atoms with Gasteiger partial charge < -0.3 is 10.2 Å². The van der Waals surface area contributed by atoms with Crippen LogP contribution in [0, 0.1) is 6.92 Å². The number of nitrogens with one attached hydrogen (secondary N) is 1. The fourth-order valence-corrected chi connectivity index (χ4v) is 5.80. The molecule has 0 saturated heterocycles. The van der Waals surface area contributed by atoms with Crippen LogP contribution in [0.1, 0.15) is 37.8 Å². The summed E-state index contributed by atoms with van der Waals surface area (Å²) in [5.74, 6) is -0.895. The molecule has 0 bridgehead atoms. The van der Waals surface area contributed by atoms with Crippen molar-refractivity contribution in [2.24, 2.45) is 0 Å². The molecule has 0 aromatic heterocycles. The number of benzene rings is 3. The molecule has 208 valence electrons. The molecule has 3 rings (SSSR count). The minimum absolute atomic E-state index is 0.00951. The molecule has 0 heterocycles. The molecule has 0 aliphatic heterocycles. The van der Waals surface area contributed by atoms with Gasteiger partial charge in [-0.15, -0.1) is 0 Å². The molecule has 0 spiro atoms. The third-order valence-corrected chi connectivity index (χ3v) is 8.66. The van der Waals surface area contributed by atoms with Crippen molar-refractivity contribution < 1.29 is 18.0 Å². The average Bonchev–Trinajstić information content (AvgIpc) is 2.91. The fourth-order valence-electron chi connectivity index (χ4n) is 3.91. The Bertz CT molecular complexity index is 1380. The summed E-state index contributed by atoms with van der Waals surface area (Å²) in [5.41, 5.74) is 1.82. The molecule has 7 nitrogen and oxygen atoms in total. The molecule has 39 heavy (non-hydrogen) atoms. The number of halogens is 2. The second-order valence-electron chi connectivity index (χ2n) is 9.24. The van der Waals surface area contributed by atoms with E-state index >= 15 is 0 Å². The summed E-state index contributed by atoms with van der Waals surface area (Å²) in [6.45, 7) is 5.44. The highest BCUT2D eigenvalue weighted by molar-refractivity contribution is 7.92. The normalized spacial score (nSPS) is 12.0. The number of para-hydroxylation sites is 1. The van der Waals surface area contributed by atoms with E-state index in [1.54, 1.807) is 67.6 Å². The van der Waals surface area contributed by atoms with Crippen LogP contribution < -0.4 is 9.62 Å². The van der Waals surface area contributed by atoms with E-state index in [-0.39, 0.29) is 17.3 Å². The van der Waals surface area contributed by atoms with Gasteiger partial charge in [0.1, 0.15) is 12.6 Å². The van der Waals surface area contributed by atoms with E-state index in [1.165, 1.54) is 17.0 Å². The Morgan fingerprint density at radius 2 is 1.64 bits per heavy atom. The van der Waals surface area contributed by atoms with Crippen molar-refractivity contribution in [3.8, 4) is 0 Å². The third kappa shape index (κ3) is 7.97. The lowest BCUT2D eigenvalue weighted by atomic mass is 10.1. The summed E-state index contributed by atoms with van der Waals surface area (Å²) in [5, 5.41) is 3.63. The van der Waals surface area contributed by atoms with Gasteiger partial charge in [-0.2, -0.15) is 0 Å². The summed E-state index contributed by atoms with van der Waals surface area (Å²) in [7, 11) is -4.11. The van der Waals surface area contributed by atoms with Crippen LogP contribution in [0.3, 0.4) is 0 Å². The van der Waals surface area contributed by atoms with E-state index in [9.17, 15) is 18.0 Å². The minimum Gasteiger partial charge on any atom is -0.354 e. The number of hydrogen-bond donors (Lipinski definition) is 1. The van der Waals surface area contributed by atoms with E-state index in [0.717, 1.165) is 22.7 Å². The van der Waals surface area contributed by atoms with Crippen LogP contribution in [0.25, 0.3) is 0 Å². The second kappa shape index (κ2) is 13.8. The summed E-state index contributed by atoms with van der Waals surface area (Å²) in [4.78, 5) is 28.3. The van der Waals surface area contributed by atoms with Gasteiger partial charge in [0.2, 0.25) is 11.8 Å². The predicted octanol–water partition coefficient (Wildman–Crippen LogP) is 5.83. The summed E-state index contributed by atoms with van der Waals surface area (Å²) < 4.78 is 28.6. The second-order valence-corrected chi connectivity index (χ2v) is 11.9. The van der Waals surface area contributed by atoms with E-state index < -0.39 is 28.5 Å². The van der Waals surface area contributed by atoms with Gasteiger partial charge in [0.25, 0.3) is 10.0 Å².